The summed E-state index contributed by atoms with van der Waals surface area (Å²) in [7, 11) is 0. The number of hydrogen-bond donors (Lipinski definition) is 1. The van der Waals surface area contributed by atoms with Crippen LogP contribution in [0.5, 0.6) is 0 Å². The molecule has 2 saturated heterocycles. The van der Waals surface area contributed by atoms with Crippen molar-refractivity contribution in [2.24, 2.45) is 0 Å². The van der Waals surface area contributed by atoms with Crippen molar-refractivity contribution in [1.82, 2.24) is 15.1 Å². The molecule has 0 bridgehead atoms. The SMILES string of the molecule is CC1CCC(N2CCN(C3CCCC3)CC2)CN1. The molecule has 2 aliphatic heterocycles. The van der Waals surface area contributed by atoms with Gasteiger partial charge < -0.3 is 5.32 Å². The van der Waals surface area contributed by atoms with Gasteiger partial charge in [-0.05, 0) is 32.6 Å². The normalized spacial score (nSPS) is 37.2. The lowest BCUT2D eigenvalue weighted by Gasteiger charge is -2.43. The number of rotatable bonds is 2. The largest absolute Gasteiger partial charge is 0.313 e. The first-order valence-corrected chi connectivity index (χ1v) is 8.04. The predicted octanol–water partition coefficient (Wildman–Crippen LogP) is 1.69. The van der Waals surface area contributed by atoms with Crippen LogP contribution in [-0.4, -0.2) is 60.6 Å². The van der Waals surface area contributed by atoms with Gasteiger partial charge >= 0.3 is 0 Å². The Morgan fingerprint density at radius 2 is 1.39 bits per heavy atom. The van der Waals surface area contributed by atoms with E-state index in [1.54, 1.807) is 0 Å². The van der Waals surface area contributed by atoms with Crippen LogP contribution in [0.1, 0.15) is 45.4 Å². The van der Waals surface area contributed by atoms with Crippen molar-refractivity contribution in [3.63, 3.8) is 0 Å². The van der Waals surface area contributed by atoms with Crippen LogP contribution >= 0.6 is 0 Å². The minimum atomic E-state index is 0.737. The fourth-order valence-corrected chi connectivity index (χ4v) is 4.03. The molecule has 2 unspecified atom stereocenters. The highest BCUT2D eigenvalue weighted by molar-refractivity contribution is 4.87. The average Bonchev–Trinajstić information content (AvgIpc) is 2.94. The molecule has 1 N–H and O–H groups in total. The molecule has 18 heavy (non-hydrogen) atoms. The lowest BCUT2D eigenvalue weighted by atomic mass is 10.00. The molecule has 1 saturated carbocycles. The van der Waals surface area contributed by atoms with Gasteiger partial charge in [0.25, 0.3) is 0 Å². The van der Waals surface area contributed by atoms with Gasteiger partial charge in [-0.3, -0.25) is 9.80 Å². The van der Waals surface area contributed by atoms with Crippen LogP contribution in [0.15, 0.2) is 0 Å². The molecule has 3 heteroatoms. The predicted molar refractivity (Wildman–Crippen MR) is 75.9 cm³/mol. The lowest BCUT2D eigenvalue weighted by molar-refractivity contribution is 0.0587. The van der Waals surface area contributed by atoms with E-state index in [0.717, 1.165) is 18.1 Å². The fraction of sp³-hybridized carbons (Fsp3) is 1.00. The smallest absolute Gasteiger partial charge is 0.0222 e. The summed E-state index contributed by atoms with van der Waals surface area (Å²) >= 11 is 0. The molecule has 2 heterocycles. The summed E-state index contributed by atoms with van der Waals surface area (Å²) in [6.45, 7) is 8.76. The third-order valence-corrected chi connectivity index (χ3v) is 5.34. The average molecular weight is 251 g/mol. The highest BCUT2D eigenvalue weighted by atomic mass is 15.3. The summed E-state index contributed by atoms with van der Waals surface area (Å²) in [5.74, 6) is 0. The number of nitrogens with zero attached hydrogens (tertiary/aromatic N) is 2. The molecule has 3 aliphatic rings. The second-order valence-electron chi connectivity index (χ2n) is 6.55. The first-order valence-electron chi connectivity index (χ1n) is 8.04. The zero-order valence-electron chi connectivity index (χ0n) is 11.9. The van der Waals surface area contributed by atoms with Gasteiger partial charge in [-0.2, -0.15) is 0 Å². The first-order chi connectivity index (χ1) is 8.83. The fourth-order valence-electron chi connectivity index (χ4n) is 4.03. The zero-order chi connectivity index (χ0) is 12.4. The molecule has 0 spiro atoms. The molecular formula is C15H29N3. The summed E-state index contributed by atoms with van der Waals surface area (Å²) in [5, 5.41) is 3.64. The third kappa shape index (κ3) is 2.89. The summed E-state index contributed by atoms with van der Waals surface area (Å²) in [5.41, 5.74) is 0. The van der Waals surface area contributed by atoms with Gasteiger partial charge in [0, 0.05) is 50.8 Å². The molecule has 0 aromatic heterocycles. The van der Waals surface area contributed by atoms with E-state index in [1.807, 2.05) is 0 Å². The number of nitrogens with one attached hydrogen (secondary N) is 1. The minimum Gasteiger partial charge on any atom is -0.313 e. The molecule has 0 aromatic rings. The first kappa shape index (κ1) is 12.9. The topological polar surface area (TPSA) is 18.5 Å². The second-order valence-corrected chi connectivity index (χ2v) is 6.55. The van der Waals surface area contributed by atoms with E-state index in [1.165, 1.54) is 71.2 Å². The Kier molecular flexibility index (Phi) is 4.22. The molecule has 0 aromatic carbocycles. The van der Waals surface area contributed by atoms with Gasteiger partial charge in [-0.25, -0.2) is 0 Å². The van der Waals surface area contributed by atoms with E-state index in [2.05, 4.69) is 22.0 Å². The van der Waals surface area contributed by atoms with Crippen molar-refractivity contribution in [2.75, 3.05) is 32.7 Å². The molecule has 1 aliphatic carbocycles. The van der Waals surface area contributed by atoms with Crippen molar-refractivity contribution in [3.8, 4) is 0 Å². The Morgan fingerprint density at radius 3 is 1.94 bits per heavy atom. The summed E-state index contributed by atoms with van der Waals surface area (Å²) in [6.07, 6.45) is 8.61. The van der Waals surface area contributed by atoms with E-state index >= 15 is 0 Å². The standard InChI is InChI=1S/C15H29N3/c1-13-6-7-15(12-16-13)18-10-8-17(9-11-18)14-4-2-3-5-14/h13-16H,2-12H2,1H3. The van der Waals surface area contributed by atoms with E-state index in [9.17, 15) is 0 Å². The van der Waals surface area contributed by atoms with Crippen LogP contribution in [-0.2, 0) is 0 Å². The maximum absolute atomic E-state index is 3.64. The van der Waals surface area contributed by atoms with Gasteiger partial charge in [0.05, 0.1) is 0 Å². The van der Waals surface area contributed by atoms with Gasteiger partial charge in [0.2, 0.25) is 0 Å². The number of hydrogen-bond acceptors (Lipinski definition) is 3. The number of piperazine rings is 1. The monoisotopic (exact) mass is 251 g/mol. The summed E-state index contributed by atoms with van der Waals surface area (Å²) < 4.78 is 0. The quantitative estimate of drug-likeness (QED) is 0.806. The second kappa shape index (κ2) is 5.89. The van der Waals surface area contributed by atoms with E-state index in [-0.39, 0.29) is 0 Å². The molecule has 2 atom stereocenters. The molecule has 3 rings (SSSR count). The van der Waals surface area contributed by atoms with Crippen molar-refractivity contribution in [3.05, 3.63) is 0 Å². The molecule has 0 radical (unpaired) electrons. The maximum atomic E-state index is 3.64. The summed E-state index contributed by atoms with van der Waals surface area (Å²) in [6, 6.07) is 2.48. The van der Waals surface area contributed by atoms with E-state index in [4.69, 9.17) is 0 Å². The van der Waals surface area contributed by atoms with Crippen LogP contribution in [0.25, 0.3) is 0 Å². The molecule has 3 fully saturated rings. The molecule has 3 nitrogen and oxygen atoms in total. The van der Waals surface area contributed by atoms with E-state index in [0.29, 0.717) is 0 Å². The van der Waals surface area contributed by atoms with E-state index < -0.39 is 0 Å². The maximum Gasteiger partial charge on any atom is 0.0222 e. The van der Waals surface area contributed by atoms with Gasteiger partial charge in [0.1, 0.15) is 0 Å². The highest BCUT2D eigenvalue weighted by Crippen LogP contribution is 2.25. The van der Waals surface area contributed by atoms with Crippen LogP contribution in [0.3, 0.4) is 0 Å². The zero-order valence-corrected chi connectivity index (χ0v) is 11.9. The van der Waals surface area contributed by atoms with Crippen LogP contribution in [0.2, 0.25) is 0 Å². The van der Waals surface area contributed by atoms with Crippen LogP contribution < -0.4 is 5.32 Å². The Hall–Kier alpha value is -0.120. The number of piperidine rings is 1. The molecular weight excluding hydrogens is 222 g/mol. The highest BCUT2D eigenvalue weighted by Gasteiger charge is 2.30. The van der Waals surface area contributed by atoms with Gasteiger partial charge in [0.15, 0.2) is 0 Å². The van der Waals surface area contributed by atoms with Gasteiger partial charge in [-0.15, -0.1) is 0 Å². The van der Waals surface area contributed by atoms with Crippen LogP contribution in [0, 0.1) is 0 Å². The molecule has 104 valence electrons. The Morgan fingerprint density at radius 1 is 0.778 bits per heavy atom. The Balaban J connectivity index is 1.44. The van der Waals surface area contributed by atoms with Crippen molar-refractivity contribution in [2.45, 2.75) is 63.6 Å². The van der Waals surface area contributed by atoms with Crippen molar-refractivity contribution in [1.29, 1.82) is 0 Å². The Labute approximate surface area is 112 Å². The third-order valence-electron chi connectivity index (χ3n) is 5.34. The van der Waals surface area contributed by atoms with Crippen molar-refractivity contribution >= 4 is 0 Å². The molecule has 0 amide bonds. The summed E-state index contributed by atoms with van der Waals surface area (Å²) in [4.78, 5) is 5.51. The Bertz CT molecular complexity index is 246. The minimum absolute atomic E-state index is 0.737. The van der Waals surface area contributed by atoms with Crippen LogP contribution in [0.4, 0.5) is 0 Å². The van der Waals surface area contributed by atoms with Crippen molar-refractivity contribution < 1.29 is 0 Å². The lowest BCUT2D eigenvalue weighted by Crippen LogP contribution is -2.56. The van der Waals surface area contributed by atoms with Gasteiger partial charge in [-0.1, -0.05) is 12.8 Å².